The molecule has 5 heteroatoms. The molecule has 0 aliphatic rings. The minimum atomic E-state index is -1.55. The number of rotatable bonds is 1. The third kappa shape index (κ3) is 1.31. The first kappa shape index (κ1) is 6.32. The molecule has 0 atom stereocenters. The quantitative estimate of drug-likeness (QED) is 0.458. The van der Waals surface area contributed by atoms with Gasteiger partial charge in [-0.1, -0.05) is 0 Å². The van der Waals surface area contributed by atoms with Crippen molar-refractivity contribution < 1.29 is 14.5 Å². The predicted octanol–water partition coefficient (Wildman–Crippen LogP) is -1.34. The largest absolute Gasteiger partial charge is 0.528 e. The van der Waals surface area contributed by atoms with Crippen LogP contribution in [0.2, 0.25) is 0 Å². The molecule has 1 aromatic rings. The second-order valence-corrected chi connectivity index (χ2v) is 1.66. The van der Waals surface area contributed by atoms with Crippen LogP contribution in [0.3, 0.4) is 0 Å². The van der Waals surface area contributed by atoms with Gasteiger partial charge in [0.2, 0.25) is 0 Å². The van der Waals surface area contributed by atoms with E-state index in [0.717, 1.165) is 0 Å². The molecule has 2 N–H and O–H groups in total. The van der Waals surface area contributed by atoms with Crippen LogP contribution in [0.25, 0.3) is 0 Å². The Balaban J connectivity index is 2.85. The van der Waals surface area contributed by atoms with Gasteiger partial charge in [-0.2, -0.15) is 0 Å². The molecule has 0 saturated carbocycles. The van der Waals surface area contributed by atoms with Crippen LogP contribution in [0.5, 0.6) is 0 Å². The van der Waals surface area contributed by atoms with Gasteiger partial charge in [-0.15, -0.1) is 0 Å². The van der Waals surface area contributed by atoms with Crippen LogP contribution >= 0.6 is 0 Å². The van der Waals surface area contributed by atoms with Crippen LogP contribution in [-0.4, -0.2) is 22.2 Å². The van der Waals surface area contributed by atoms with E-state index in [0.29, 0.717) is 5.89 Å². The summed E-state index contributed by atoms with van der Waals surface area (Å²) in [4.78, 5) is 3.65. The Hall–Kier alpha value is -0.805. The molecular weight excluding hydrogens is 121 g/mol. The Labute approximate surface area is 52.3 Å². The second kappa shape index (κ2) is 2.20. The van der Waals surface area contributed by atoms with Crippen molar-refractivity contribution in [3.8, 4) is 0 Å². The topological polar surface area (TPSA) is 66.5 Å². The summed E-state index contributed by atoms with van der Waals surface area (Å²) in [7, 11) is -1.55. The number of hydrogen-bond acceptors (Lipinski definition) is 4. The number of aromatic nitrogens is 1. The standard InChI is InChI=1S/C4H6BNO3/c1-3-6-2-4(9-3)5(7)8/h2,7-8H,1H3. The van der Waals surface area contributed by atoms with Crippen LogP contribution in [0.4, 0.5) is 0 Å². The van der Waals surface area contributed by atoms with E-state index in [9.17, 15) is 0 Å². The van der Waals surface area contributed by atoms with Crippen molar-refractivity contribution in [3.63, 3.8) is 0 Å². The van der Waals surface area contributed by atoms with Crippen LogP contribution in [0.1, 0.15) is 5.89 Å². The van der Waals surface area contributed by atoms with E-state index in [-0.39, 0.29) is 5.66 Å². The van der Waals surface area contributed by atoms with Crippen LogP contribution in [0, 0.1) is 6.92 Å². The minimum absolute atomic E-state index is 0.0764. The molecule has 0 radical (unpaired) electrons. The number of hydrogen-bond donors (Lipinski definition) is 2. The molecule has 0 amide bonds. The van der Waals surface area contributed by atoms with Gasteiger partial charge in [0.1, 0.15) is 0 Å². The first-order valence-corrected chi connectivity index (χ1v) is 2.48. The lowest BCUT2D eigenvalue weighted by Crippen LogP contribution is -2.28. The zero-order valence-corrected chi connectivity index (χ0v) is 4.90. The van der Waals surface area contributed by atoms with Crippen LogP contribution < -0.4 is 5.66 Å². The van der Waals surface area contributed by atoms with Crippen LogP contribution in [-0.2, 0) is 0 Å². The number of nitrogens with zero attached hydrogens (tertiary/aromatic N) is 1. The molecule has 1 aromatic heterocycles. The van der Waals surface area contributed by atoms with Crippen molar-refractivity contribution in [2.75, 3.05) is 0 Å². The lowest BCUT2D eigenvalue weighted by molar-refractivity contribution is 0.406. The fraction of sp³-hybridized carbons (Fsp3) is 0.250. The molecular formula is C4H6BNO3. The summed E-state index contributed by atoms with van der Waals surface area (Å²) in [6, 6.07) is 0. The maximum atomic E-state index is 8.46. The summed E-state index contributed by atoms with van der Waals surface area (Å²) >= 11 is 0. The van der Waals surface area contributed by atoms with Crippen molar-refractivity contribution in [2.45, 2.75) is 6.92 Å². The molecule has 4 nitrogen and oxygen atoms in total. The van der Waals surface area contributed by atoms with Crippen molar-refractivity contribution in [2.24, 2.45) is 0 Å². The zero-order chi connectivity index (χ0) is 6.85. The number of aryl methyl sites for hydroxylation is 1. The van der Waals surface area contributed by atoms with Gasteiger partial charge < -0.3 is 14.5 Å². The van der Waals surface area contributed by atoms with Crippen molar-refractivity contribution in [1.29, 1.82) is 0 Å². The normalized spacial score (nSPS) is 9.67. The highest BCUT2D eigenvalue weighted by Gasteiger charge is 2.15. The third-order valence-electron chi connectivity index (χ3n) is 0.894. The molecule has 48 valence electrons. The highest BCUT2D eigenvalue weighted by Crippen LogP contribution is 1.87. The average molecular weight is 127 g/mol. The van der Waals surface area contributed by atoms with Gasteiger partial charge in [0.15, 0.2) is 11.6 Å². The molecule has 0 fully saturated rings. The summed E-state index contributed by atoms with van der Waals surface area (Å²) in [5.41, 5.74) is 0.0764. The smallest absolute Gasteiger partial charge is 0.450 e. The second-order valence-electron chi connectivity index (χ2n) is 1.66. The summed E-state index contributed by atoms with van der Waals surface area (Å²) in [6.07, 6.45) is 1.28. The van der Waals surface area contributed by atoms with Gasteiger partial charge >= 0.3 is 7.12 Å². The Morgan fingerprint density at radius 3 is 2.56 bits per heavy atom. The molecule has 0 aliphatic carbocycles. The Morgan fingerprint density at radius 1 is 1.67 bits per heavy atom. The predicted molar refractivity (Wildman–Crippen MR) is 31.1 cm³/mol. The van der Waals surface area contributed by atoms with E-state index in [1.807, 2.05) is 0 Å². The van der Waals surface area contributed by atoms with E-state index in [4.69, 9.17) is 14.5 Å². The van der Waals surface area contributed by atoms with Gasteiger partial charge in [0, 0.05) is 6.92 Å². The van der Waals surface area contributed by atoms with E-state index < -0.39 is 7.12 Å². The fourth-order valence-electron chi connectivity index (χ4n) is 0.497. The summed E-state index contributed by atoms with van der Waals surface area (Å²) in [5.74, 6) is 0.429. The van der Waals surface area contributed by atoms with Crippen molar-refractivity contribution in [3.05, 3.63) is 12.1 Å². The number of oxazole rings is 1. The summed E-state index contributed by atoms with van der Waals surface area (Å²) < 4.78 is 4.73. The molecule has 0 saturated heterocycles. The zero-order valence-electron chi connectivity index (χ0n) is 4.90. The SMILES string of the molecule is Cc1ncc(B(O)O)o1. The Bertz CT molecular complexity index is 197. The van der Waals surface area contributed by atoms with Gasteiger partial charge in [-0.25, -0.2) is 4.98 Å². The molecule has 9 heavy (non-hydrogen) atoms. The molecule has 1 rings (SSSR count). The lowest BCUT2D eigenvalue weighted by atomic mass is 9.89. The van der Waals surface area contributed by atoms with Crippen molar-refractivity contribution in [1.82, 2.24) is 4.98 Å². The molecule has 0 aromatic carbocycles. The van der Waals surface area contributed by atoms with E-state index in [2.05, 4.69) is 4.98 Å². The van der Waals surface area contributed by atoms with Gasteiger partial charge in [-0.3, -0.25) is 0 Å². The van der Waals surface area contributed by atoms with E-state index in [1.54, 1.807) is 6.92 Å². The molecule has 0 spiro atoms. The Morgan fingerprint density at radius 2 is 2.33 bits per heavy atom. The molecule has 0 bridgehead atoms. The summed E-state index contributed by atoms with van der Waals surface area (Å²) in [5, 5.41) is 16.9. The monoisotopic (exact) mass is 127 g/mol. The van der Waals surface area contributed by atoms with E-state index >= 15 is 0 Å². The maximum Gasteiger partial charge on any atom is 0.528 e. The summed E-state index contributed by atoms with van der Waals surface area (Å²) in [6.45, 7) is 1.63. The van der Waals surface area contributed by atoms with E-state index in [1.165, 1.54) is 6.20 Å². The fourth-order valence-corrected chi connectivity index (χ4v) is 0.497. The highest BCUT2D eigenvalue weighted by molar-refractivity contribution is 6.56. The molecule has 0 unspecified atom stereocenters. The average Bonchev–Trinajstić information content (AvgIpc) is 2.14. The first-order valence-electron chi connectivity index (χ1n) is 2.48. The highest BCUT2D eigenvalue weighted by atomic mass is 16.4. The lowest BCUT2D eigenvalue weighted by Gasteiger charge is -1.86. The van der Waals surface area contributed by atoms with Crippen molar-refractivity contribution >= 4 is 12.8 Å². The Kier molecular flexibility index (Phi) is 1.55. The van der Waals surface area contributed by atoms with Gasteiger partial charge in [0.25, 0.3) is 0 Å². The molecule has 1 heterocycles. The van der Waals surface area contributed by atoms with Crippen LogP contribution in [0.15, 0.2) is 10.6 Å². The van der Waals surface area contributed by atoms with Gasteiger partial charge in [0.05, 0.1) is 6.20 Å². The maximum absolute atomic E-state index is 8.46. The first-order chi connectivity index (χ1) is 4.20. The third-order valence-corrected chi connectivity index (χ3v) is 0.894. The minimum Gasteiger partial charge on any atom is -0.450 e. The van der Waals surface area contributed by atoms with Gasteiger partial charge in [-0.05, 0) is 0 Å². The molecule has 0 aliphatic heterocycles.